The number of aromatic nitrogens is 1. The fourth-order valence-electron chi connectivity index (χ4n) is 0.865. The van der Waals surface area contributed by atoms with Crippen molar-refractivity contribution in [2.24, 2.45) is 0 Å². The summed E-state index contributed by atoms with van der Waals surface area (Å²) in [6.07, 6.45) is 10.2. The van der Waals surface area contributed by atoms with Crippen LogP contribution in [0.15, 0.2) is 29.0 Å². The molecule has 0 aliphatic rings. The fourth-order valence-corrected chi connectivity index (χ4v) is 0.865. The summed E-state index contributed by atoms with van der Waals surface area (Å²) < 4.78 is 5.06. The van der Waals surface area contributed by atoms with E-state index in [1.54, 1.807) is 12.5 Å². The van der Waals surface area contributed by atoms with Crippen molar-refractivity contribution in [1.82, 2.24) is 4.98 Å². The molecule has 0 unspecified atom stereocenters. The lowest BCUT2D eigenvalue weighted by Crippen LogP contribution is -1.82. The van der Waals surface area contributed by atoms with Crippen molar-refractivity contribution < 1.29 is 4.42 Å². The molecule has 0 saturated heterocycles. The zero-order chi connectivity index (χ0) is 7.94. The maximum atomic E-state index is 5.06. The first kappa shape index (κ1) is 8.05. The van der Waals surface area contributed by atoms with Gasteiger partial charge >= 0.3 is 0 Å². The second-order valence-corrected chi connectivity index (χ2v) is 2.29. The Morgan fingerprint density at radius 1 is 1.64 bits per heavy atom. The minimum absolute atomic E-state index is 0.822. The molecule has 0 amide bonds. The van der Waals surface area contributed by atoms with E-state index in [1.165, 1.54) is 0 Å². The molecule has 0 aliphatic carbocycles. The number of unbranched alkanes of at least 4 members (excludes halogenated alkanes) is 1. The monoisotopic (exact) mass is 150 g/mol. The minimum Gasteiger partial charge on any atom is -0.449 e. The highest BCUT2D eigenvalue weighted by atomic mass is 16.3. The molecule has 1 heterocycles. The van der Waals surface area contributed by atoms with E-state index in [2.05, 4.69) is 11.9 Å². The highest BCUT2D eigenvalue weighted by Gasteiger charge is 1.94. The summed E-state index contributed by atoms with van der Waals surface area (Å²) in [6.45, 7) is 3.60. The molecule has 2 nitrogen and oxygen atoms in total. The summed E-state index contributed by atoms with van der Waals surface area (Å²) in [7, 11) is 0. The minimum atomic E-state index is 0.822. The Morgan fingerprint density at radius 2 is 2.55 bits per heavy atom. The Kier molecular flexibility index (Phi) is 3.45. The van der Waals surface area contributed by atoms with Crippen molar-refractivity contribution in [3.63, 3.8) is 0 Å². The maximum absolute atomic E-state index is 5.06. The van der Waals surface area contributed by atoms with Crippen molar-refractivity contribution in [3.8, 4) is 0 Å². The molecule has 0 N–H and O–H groups in total. The third-order valence-electron chi connectivity index (χ3n) is 1.41. The van der Waals surface area contributed by atoms with Gasteiger partial charge in [0.1, 0.15) is 6.26 Å². The summed E-state index contributed by atoms with van der Waals surface area (Å²) in [4.78, 5) is 4.01. The van der Waals surface area contributed by atoms with Crippen molar-refractivity contribution >= 4 is 0 Å². The smallest absolute Gasteiger partial charge is 0.193 e. The van der Waals surface area contributed by atoms with E-state index in [0.717, 1.165) is 25.2 Å². The van der Waals surface area contributed by atoms with E-state index in [9.17, 15) is 0 Å². The lowest BCUT2D eigenvalue weighted by molar-refractivity contribution is 0.488. The Labute approximate surface area is 66.9 Å². The number of hydrogen-bond donors (Lipinski definition) is 0. The van der Waals surface area contributed by atoms with Crippen LogP contribution >= 0.6 is 0 Å². The molecule has 0 saturated carbocycles. The van der Waals surface area contributed by atoms with Crippen LogP contribution in [0, 0.1) is 6.92 Å². The standard InChI is InChI=1S/C9H12NO/c1-2-3-4-5-6-9-10-7-8-11-9/h2-3,7-8H,1,4-6H2/b3-2+. The summed E-state index contributed by atoms with van der Waals surface area (Å²) in [6, 6.07) is 0. The number of aryl methyl sites for hydroxylation is 1. The van der Waals surface area contributed by atoms with Gasteiger partial charge in [-0.2, -0.15) is 0 Å². The van der Waals surface area contributed by atoms with Gasteiger partial charge in [-0.25, -0.2) is 4.98 Å². The highest BCUT2D eigenvalue weighted by molar-refractivity contribution is 4.86. The van der Waals surface area contributed by atoms with Crippen LogP contribution in [-0.2, 0) is 6.42 Å². The second kappa shape index (κ2) is 4.72. The fraction of sp³-hybridized carbons (Fsp3) is 0.333. The van der Waals surface area contributed by atoms with Gasteiger partial charge in [0, 0.05) is 6.42 Å². The van der Waals surface area contributed by atoms with Gasteiger partial charge in [0.15, 0.2) is 5.89 Å². The molecule has 0 bridgehead atoms. The maximum Gasteiger partial charge on any atom is 0.193 e. The van der Waals surface area contributed by atoms with Crippen LogP contribution in [0.25, 0.3) is 0 Å². The quantitative estimate of drug-likeness (QED) is 0.616. The molecule has 1 aromatic rings. The first-order chi connectivity index (χ1) is 5.43. The molecule has 1 aromatic heterocycles. The van der Waals surface area contributed by atoms with Crippen LogP contribution in [0.5, 0.6) is 0 Å². The van der Waals surface area contributed by atoms with E-state index in [1.807, 2.05) is 12.2 Å². The van der Waals surface area contributed by atoms with E-state index in [-0.39, 0.29) is 0 Å². The van der Waals surface area contributed by atoms with E-state index >= 15 is 0 Å². The molecule has 1 rings (SSSR count). The molecular formula is C9H12NO. The number of oxazole rings is 1. The summed E-state index contributed by atoms with van der Waals surface area (Å²) in [5, 5.41) is 0. The SMILES string of the molecule is [CH2]/C=C/CCCc1ncco1. The van der Waals surface area contributed by atoms with Gasteiger partial charge in [0.2, 0.25) is 0 Å². The molecule has 0 spiro atoms. The molecule has 0 aromatic carbocycles. The van der Waals surface area contributed by atoms with Crippen LogP contribution in [0.1, 0.15) is 18.7 Å². The van der Waals surface area contributed by atoms with Crippen LogP contribution in [0.3, 0.4) is 0 Å². The Hall–Kier alpha value is -1.05. The van der Waals surface area contributed by atoms with Crippen molar-refractivity contribution in [2.75, 3.05) is 0 Å². The van der Waals surface area contributed by atoms with Crippen LogP contribution < -0.4 is 0 Å². The van der Waals surface area contributed by atoms with Gasteiger partial charge in [-0.15, -0.1) is 0 Å². The van der Waals surface area contributed by atoms with Gasteiger partial charge in [-0.1, -0.05) is 12.2 Å². The predicted octanol–water partition coefficient (Wildman–Crippen LogP) is 2.39. The number of hydrogen-bond acceptors (Lipinski definition) is 2. The summed E-state index contributed by atoms with van der Waals surface area (Å²) >= 11 is 0. The molecule has 1 radical (unpaired) electrons. The molecular weight excluding hydrogens is 138 g/mol. The lowest BCUT2D eigenvalue weighted by Gasteiger charge is -1.90. The average Bonchev–Trinajstić information content (AvgIpc) is 2.50. The van der Waals surface area contributed by atoms with Gasteiger partial charge < -0.3 is 4.42 Å². The molecule has 0 atom stereocenters. The molecule has 2 heteroatoms. The first-order valence-electron chi connectivity index (χ1n) is 3.76. The topological polar surface area (TPSA) is 26.0 Å². The zero-order valence-electron chi connectivity index (χ0n) is 6.49. The normalized spacial score (nSPS) is 11.0. The van der Waals surface area contributed by atoms with Gasteiger partial charge in [0.25, 0.3) is 0 Å². The number of allylic oxidation sites excluding steroid dienone is 2. The van der Waals surface area contributed by atoms with Gasteiger partial charge in [0.05, 0.1) is 6.20 Å². The summed E-state index contributed by atoms with van der Waals surface area (Å²) in [5.74, 6) is 0.822. The van der Waals surface area contributed by atoms with Crippen LogP contribution in [0.2, 0.25) is 0 Å². The largest absolute Gasteiger partial charge is 0.449 e. The van der Waals surface area contributed by atoms with Crippen molar-refractivity contribution in [1.29, 1.82) is 0 Å². The second-order valence-electron chi connectivity index (χ2n) is 2.29. The lowest BCUT2D eigenvalue weighted by atomic mass is 10.2. The Balaban J connectivity index is 2.14. The molecule has 0 aliphatic heterocycles. The Bertz CT molecular complexity index is 201. The first-order valence-corrected chi connectivity index (χ1v) is 3.76. The van der Waals surface area contributed by atoms with E-state index in [0.29, 0.717) is 0 Å². The molecule has 0 fully saturated rings. The predicted molar refractivity (Wildman–Crippen MR) is 43.9 cm³/mol. The average molecular weight is 150 g/mol. The summed E-state index contributed by atoms with van der Waals surface area (Å²) in [5.41, 5.74) is 0. The molecule has 11 heavy (non-hydrogen) atoms. The number of rotatable bonds is 4. The van der Waals surface area contributed by atoms with Crippen LogP contribution in [-0.4, -0.2) is 4.98 Å². The van der Waals surface area contributed by atoms with Crippen LogP contribution in [0.4, 0.5) is 0 Å². The van der Waals surface area contributed by atoms with Gasteiger partial charge in [-0.05, 0) is 19.8 Å². The Morgan fingerprint density at radius 3 is 3.18 bits per heavy atom. The van der Waals surface area contributed by atoms with E-state index in [4.69, 9.17) is 4.42 Å². The number of nitrogens with zero attached hydrogens (tertiary/aromatic N) is 1. The third-order valence-corrected chi connectivity index (χ3v) is 1.41. The molecule has 59 valence electrons. The third kappa shape index (κ3) is 3.03. The van der Waals surface area contributed by atoms with Gasteiger partial charge in [-0.3, -0.25) is 0 Å². The zero-order valence-corrected chi connectivity index (χ0v) is 6.49. The van der Waals surface area contributed by atoms with Crippen molar-refractivity contribution in [3.05, 3.63) is 37.4 Å². The van der Waals surface area contributed by atoms with E-state index < -0.39 is 0 Å². The van der Waals surface area contributed by atoms with Crippen molar-refractivity contribution in [2.45, 2.75) is 19.3 Å². The highest BCUT2D eigenvalue weighted by Crippen LogP contribution is 2.01.